The summed E-state index contributed by atoms with van der Waals surface area (Å²) in [6.07, 6.45) is 9.23. The van der Waals surface area contributed by atoms with Gasteiger partial charge in [0.15, 0.2) is 0 Å². The number of nitrogens with zero attached hydrogens (tertiary/aromatic N) is 2. The molecule has 3 aliphatic heterocycles. The molecular formula is C29H45BrN2O5S. The third-order valence-electron chi connectivity index (χ3n) is 8.57. The van der Waals surface area contributed by atoms with Gasteiger partial charge in [0.1, 0.15) is 6.04 Å². The van der Waals surface area contributed by atoms with Crippen molar-refractivity contribution in [3.8, 4) is 0 Å². The van der Waals surface area contributed by atoms with Crippen LogP contribution >= 0.6 is 27.7 Å². The number of unbranched alkanes of at least 4 members (excludes halogenated alkanes) is 3. The van der Waals surface area contributed by atoms with Gasteiger partial charge in [0, 0.05) is 23.2 Å². The molecule has 3 saturated heterocycles. The fourth-order valence-corrected chi connectivity index (χ4v) is 10.00. The first-order valence-electron chi connectivity index (χ1n) is 14.2. The summed E-state index contributed by atoms with van der Waals surface area (Å²) in [6.45, 7) is 14.8. The maximum atomic E-state index is 14.4. The van der Waals surface area contributed by atoms with Gasteiger partial charge in [-0.25, -0.2) is 0 Å². The molecular weight excluding hydrogens is 568 g/mol. The molecule has 3 unspecified atom stereocenters. The highest BCUT2D eigenvalue weighted by molar-refractivity contribution is 9.09. The van der Waals surface area contributed by atoms with Gasteiger partial charge in [0.05, 0.1) is 35.8 Å². The SMILES string of the molecule is C=CCCCCOC(=O)[C@H]1[C@H]2C(=O)N([C@@H](CO)[C@@H](C)CC)C(C(=O)N(CC=C)CCCC)C23CC(Br)[C@@H]1S3. The minimum absolute atomic E-state index is 0.00444. The van der Waals surface area contributed by atoms with Crippen LogP contribution < -0.4 is 0 Å². The molecule has 38 heavy (non-hydrogen) atoms. The summed E-state index contributed by atoms with van der Waals surface area (Å²) < 4.78 is 4.97. The van der Waals surface area contributed by atoms with Crippen molar-refractivity contribution in [2.45, 2.75) is 92.6 Å². The van der Waals surface area contributed by atoms with E-state index in [1.165, 1.54) is 0 Å². The van der Waals surface area contributed by atoms with Gasteiger partial charge in [-0.3, -0.25) is 14.4 Å². The zero-order chi connectivity index (χ0) is 28.0. The molecule has 0 aliphatic carbocycles. The topological polar surface area (TPSA) is 87.1 Å². The van der Waals surface area contributed by atoms with Crippen LogP contribution in [-0.2, 0) is 19.1 Å². The van der Waals surface area contributed by atoms with Crippen LogP contribution in [0.2, 0.25) is 0 Å². The van der Waals surface area contributed by atoms with Gasteiger partial charge in [-0.15, -0.1) is 24.9 Å². The van der Waals surface area contributed by atoms with Crippen molar-refractivity contribution >= 4 is 45.5 Å². The normalized spacial score (nSPS) is 31.1. The van der Waals surface area contributed by atoms with Gasteiger partial charge < -0.3 is 19.6 Å². The van der Waals surface area contributed by atoms with Crippen LogP contribution in [0.3, 0.4) is 0 Å². The Hall–Kier alpha value is -1.32. The van der Waals surface area contributed by atoms with Crippen LogP contribution in [0, 0.1) is 17.8 Å². The van der Waals surface area contributed by atoms with E-state index in [0.29, 0.717) is 26.1 Å². The number of aliphatic hydroxyl groups excluding tert-OH is 1. The highest BCUT2D eigenvalue weighted by Gasteiger charge is 2.76. The monoisotopic (exact) mass is 612 g/mol. The number of thioether (sulfide) groups is 1. The van der Waals surface area contributed by atoms with Crippen molar-refractivity contribution in [3.63, 3.8) is 0 Å². The first-order chi connectivity index (χ1) is 18.2. The second-order valence-corrected chi connectivity index (χ2v) is 13.6. The number of rotatable bonds is 16. The summed E-state index contributed by atoms with van der Waals surface area (Å²) >= 11 is 5.41. The summed E-state index contributed by atoms with van der Waals surface area (Å²) in [5.41, 5.74) is 0. The van der Waals surface area contributed by atoms with Gasteiger partial charge in [-0.05, 0) is 38.0 Å². The standard InChI is InChI=1S/C29H45BrN2O5S/c1-6-10-12-13-16-37-28(36)22-23-26(34)32(21(18-33)19(5)9-4)25(29(23)17-20(30)24(22)38-29)27(35)31(14-8-3)15-11-7-2/h6,8,19-25,33H,1,3,7,9-18H2,2,4-5H3/t19-,20?,21-,22-,23-,24-,25?,29?/m0/s1. The molecule has 2 amide bonds. The van der Waals surface area contributed by atoms with Crippen molar-refractivity contribution in [1.29, 1.82) is 0 Å². The minimum atomic E-state index is -0.747. The predicted octanol–water partition coefficient (Wildman–Crippen LogP) is 4.57. The van der Waals surface area contributed by atoms with E-state index in [9.17, 15) is 19.5 Å². The predicted molar refractivity (Wildman–Crippen MR) is 156 cm³/mol. The Morgan fingerprint density at radius 3 is 2.63 bits per heavy atom. The molecule has 1 N–H and O–H groups in total. The number of amides is 2. The smallest absolute Gasteiger partial charge is 0.310 e. The molecule has 0 aromatic heterocycles. The summed E-state index contributed by atoms with van der Waals surface area (Å²) in [4.78, 5) is 45.6. The number of allylic oxidation sites excluding steroid dienone is 1. The number of ether oxygens (including phenoxy) is 1. The summed E-state index contributed by atoms with van der Waals surface area (Å²) in [5, 5.41) is 10.3. The molecule has 1 spiro atoms. The number of alkyl halides is 1. The number of likely N-dealkylation sites (tertiary alicyclic amines) is 1. The van der Waals surface area contributed by atoms with Crippen LogP contribution in [0.25, 0.3) is 0 Å². The molecule has 2 bridgehead atoms. The molecule has 3 heterocycles. The maximum absolute atomic E-state index is 14.4. The Balaban J connectivity index is 2.01. The van der Waals surface area contributed by atoms with Crippen molar-refractivity contribution < 1.29 is 24.2 Å². The Kier molecular flexibility index (Phi) is 11.4. The van der Waals surface area contributed by atoms with E-state index < -0.39 is 28.7 Å². The maximum Gasteiger partial charge on any atom is 0.310 e. The second kappa shape index (κ2) is 13.8. The zero-order valence-electron chi connectivity index (χ0n) is 23.1. The van der Waals surface area contributed by atoms with Gasteiger partial charge in [0.25, 0.3) is 0 Å². The average molecular weight is 614 g/mol. The van der Waals surface area contributed by atoms with E-state index in [0.717, 1.165) is 38.5 Å². The summed E-state index contributed by atoms with van der Waals surface area (Å²) in [7, 11) is 0. The first-order valence-corrected chi connectivity index (χ1v) is 16.0. The lowest BCUT2D eigenvalue weighted by atomic mass is 9.71. The number of carbonyl (C=O) groups excluding carboxylic acids is 3. The molecule has 9 heteroatoms. The van der Waals surface area contributed by atoms with Gasteiger partial charge in [-0.2, -0.15) is 0 Å². The van der Waals surface area contributed by atoms with Crippen LogP contribution in [0.4, 0.5) is 0 Å². The van der Waals surface area contributed by atoms with E-state index in [2.05, 4.69) is 36.0 Å². The lowest BCUT2D eigenvalue weighted by Crippen LogP contribution is -2.59. The largest absolute Gasteiger partial charge is 0.465 e. The van der Waals surface area contributed by atoms with E-state index in [1.54, 1.807) is 27.6 Å². The van der Waals surface area contributed by atoms with Crippen molar-refractivity contribution in [1.82, 2.24) is 9.80 Å². The lowest BCUT2D eigenvalue weighted by Gasteiger charge is -2.41. The Bertz CT molecular complexity index is 887. The number of halogens is 1. The number of hydrogen-bond donors (Lipinski definition) is 1. The molecule has 0 radical (unpaired) electrons. The average Bonchev–Trinajstić information content (AvgIpc) is 3.50. The third kappa shape index (κ3) is 5.75. The van der Waals surface area contributed by atoms with E-state index in [-0.39, 0.29) is 40.4 Å². The zero-order valence-corrected chi connectivity index (χ0v) is 25.6. The van der Waals surface area contributed by atoms with Crippen molar-refractivity contribution in [3.05, 3.63) is 25.3 Å². The van der Waals surface area contributed by atoms with Crippen molar-refractivity contribution in [2.75, 3.05) is 26.3 Å². The molecule has 3 rings (SSSR count). The molecule has 3 aliphatic rings. The third-order valence-corrected chi connectivity index (χ3v) is 11.8. The number of fused-ring (bicyclic) bond motifs is 1. The quantitative estimate of drug-likeness (QED) is 0.119. The summed E-state index contributed by atoms with van der Waals surface area (Å²) in [5.74, 6) is -1.92. The first kappa shape index (κ1) is 31.2. The Morgan fingerprint density at radius 2 is 2.03 bits per heavy atom. The number of hydrogen-bond acceptors (Lipinski definition) is 6. The van der Waals surface area contributed by atoms with E-state index >= 15 is 0 Å². The number of carbonyl (C=O) groups is 3. The van der Waals surface area contributed by atoms with Crippen LogP contribution in [0.1, 0.15) is 65.7 Å². The molecule has 0 aromatic rings. The molecule has 0 saturated carbocycles. The Labute approximate surface area is 240 Å². The molecule has 7 nitrogen and oxygen atoms in total. The van der Waals surface area contributed by atoms with Crippen LogP contribution in [-0.4, -0.2) is 85.9 Å². The number of esters is 1. The second-order valence-electron chi connectivity index (χ2n) is 10.9. The Morgan fingerprint density at radius 1 is 1.29 bits per heavy atom. The fourth-order valence-electron chi connectivity index (χ4n) is 6.42. The number of aliphatic hydroxyl groups is 1. The summed E-state index contributed by atoms with van der Waals surface area (Å²) in [6, 6.07) is -1.24. The molecule has 3 fully saturated rings. The van der Waals surface area contributed by atoms with Crippen LogP contribution in [0.15, 0.2) is 25.3 Å². The van der Waals surface area contributed by atoms with Gasteiger partial charge in [0.2, 0.25) is 11.8 Å². The van der Waals surface area contributed by atoms with E-state index in [4.69, 9.17) is 4.74 Å². The molecule has 214 valence electrons. The van der Waals surface area contributed by atoms with Gasteiger partial charge >= 0.3 is 5.97 Å². The molecule has 0 aromatic carbocycles. The highest BCUT2D eigenvalue weighted by atomic mass is 79.9. The minimum Gasteiger partial charge on any atom is -0.465 e. The highest BCUT2D eigenvalue weighted by Crippen LogP contribution is 2.68. The van der Waals surface area contributed by atoms with Gasteiger partial charge in [-0.1, -0.05) is 61.7 Å². The lowest BCUT2D eigenvalue weighted by molar-refractivity contribution is -0.155. The van der Waals surface area contributed by atoms with E-state index in [1.807, 2.05) is 19.9 Å². The van der Waals surface area contributed by atoms with Crippen LogP contribution in [0.5, 0.6) is 0 Å². The molecule has 8 atom stereocenters. The fraction of sp³-hybridized carbons (Fsp3) is 0.759. The van der Waals surface area contributed by atoms with Crippen molar-refractivity contribution in [2.24, 2.45) is 17.8 Å².